The largest absolute Gasteiger partial charge is 0.338 e. The maximum atomic E-state index is 5.03. The summed E-state index contributed by atoms with van der Waals surface area (Å²) in [6, 6.07) is 0. The highest BCUT2D eigenvalue weighted by molar-refractivity contribution is 6.33. The Morgan fingerprint density at radius 2 is 2.25 bits per heavy atom. The van der Waals surface area contributed by atoms with Gasteiger partial charge in [0.05, 0.1) is 0 Å². The number of rotatable bonds is 1. The molecular formula is C2H8BN. The van der Waals surface area contributed by atoms with Gasteiger partial charge in [-0.2, -0.15) is 0 Å². The summed E-state index contributed by atoms with van der Waals surface area (Å²) < 4.78 is 0. The summed E-state index contributed by atoms with van der Waals surface area (Å²) in [5.41, 5.74) is 5.03. The molecule has 0 aliphatic rings. The Kier molecular flexibility index (Phi) is 3.04. The first kappa shape index (κ1) is 4.02. The van der Waals surface area contributed by atoms with Crippen LogP contribution in [0.25, 0.3) is 0 Å². The van der Waals surface area contributed by atoms with Crippen LogP contribution in [0.5, 0.6) is 0 Å². The van der Waals surface area contributed by atoms with E-state index in [0.29, 0.717) is 0 Å². The molecule has 0 aliphatic heterocycles. The van der Waals surface area contributed by atoms with Gasteiger partial charge in [0, 0.05) is 0 Å². The lowest BCUT2D eigenvalue weighted by Crippen LogP contribution is -2.03. The molecule has 0 saturated carbocycles. The fraction of sp³-hybridized carbons (Fsp3) is 1.00. The van der Waals surface area contributed by atoms with Crippen molar-refractivity contribution in [2.75, 3.05) is 6.44 Å². The van der Waals surface area contributed by atoms with Gasteiger partial charge in [-0.3, -0.25) is 0 Å². The molecular weight excluding hydrogens is 48.8 g/mol. The van der Waals surface area contributed by atoms with Crippen LogP contribution in [0.1, 0.15) is 0 Å². The third kappa shape index (κ3) is 2.02. The van der Waals surface area contributed by atoms with Crippen LogP contribution in [0.4, 0.5) is 0 Å². The van der Waals surface area contributed by atoms with E-state index in [1.165, 1.54) is 0 Å². The van der Waals surface area contributed by atoms with Gasteiger partial charge in [-0.15, -0.1) is 0 Å². The normalized spacial score (nSPS) is 6.50. The van der Waals surface area contributed by atoms with Crippen molar-refractivity contribution in [1.29, 1.82) is 0 Å². The minimum Gasteiger partial charge on any atom is -0.338 e. The average Bonchev–Trinajstić information content (AvgIpc) is 1.37. The summed E-state index contributed by atoms with van der Waals surface area (Å²) >= 11 is 0. The first-order chi connectivity index (χ1) is 1.91. The molecule has 2 heteroatoms. The van der Waals surface area contributed by atoms with Crippen molar-refractivity contribution < 1.29 is 0 Å². The summed E-state index contributed by atoms with van der Waals surface area (Å²) in [7, 11) is 1.10. The van der Waals surface area contributed by atoms with E-state index in [1.807, 2.05) is 0 Å². The molecule has 0 aromatic rings. The van der Waals surface area contributed by atoms with Gasteiger partial charge in [-0.1, -0.05) is 6.82 Å². The number of hydrogen-bond acceptors (Lipinski definition) is 1. The Morgan fingerprint density at radius 3 is 2.25 bits per heavy atom. The minimum atomic E-state index is 0.819. The van der Waals surface area contributed by atoms with E-state index in [9.17, 15) is 0 Å². The third-order valence-corrected chi connectivity index (χ3v) is 0.289. The van der Waals surface area contributed by atoms with E-state index in [4.69, 9.17) is 5.73 Å². The summed E-state index contributed by atoms with van der Waals surface area (Å²) in [6.07, 6.45) is 0.819. The third-order valence-electron chi connectivity index (χ3n) is 0.289. The van der Waals surface area contributed by atoms with Crippen molar-refractivity contribution in [2.24, 2.45) is 5.73 Å². The zero-order valence-electron chi connectivity index (χ0n) is 2.99. The van der Waals surface area contributed by atoms with Crippen molar-refractivity contribution in [3.8, 4) is 0 Å². The van der Waals surface area contributed by atoms with E-state index >= 15 is 0 Å². The second-order valence-corrected chi connectivity index (χ2v) is 0.789. The molecule has 0 unspecified atom stereocenters. The molecule has 0 fully saturated rings. The van der Waals surface area contributed by atoms with Gasteiger partial charge in [0.15, 0.2) is 0 Å². The van der Waals surface area contributed by atoms with E-state index < -0.39 is 0 Å². The first-order valence-electron chi connectivity index (χ1n) is 1.62. The number of hydrogen-bond donors (Lipinski definition) is 1. The van der Waals surface area contributed by atoms with Crippen LogP contribution in [-0.2, 0) is 0 Å². The highest BCUT2D eigenvalue weighted by Gasteiger charge is 1.61. The van der Waals surface area contributed by atoms with Crippen molar-refractivity contribution in [3.05, 3.63) is 0 Å². The summed E-state index contributed by atoms with van der Waals surface area (Å²) in [6.45, 7) is 2.06. The molecule has 0 aromatic carbocycles. The van der Waals surface area contributed by atoms with E-state index in [-0.39, 0.29) is 0 Å². The molecule has 1 nitrogen and oxygen atoms in total. The molecule has 0 heterocycles. The molecule has 24 valence electrons. The Bertz CT molecular complexity index is 8.00. The van der Waals surface area contributed by atoms with Gasteiger partial charge in [0.2, 0.25) is 0 Å². The lowest BCUT2D eigenvalue weighted by Gasteiger charge is -1.66. The standard InChI is InChI=1S/C2H8BN/c1-3-2-4/h3H,2,4H2,1H3. The molecule has 0 bridgehead atoms. The van der Waals surface area contributed by atoms with Gasteiger partial charge in [-0.05, 0) is 6.44 Å². The molecule has 0 aliphatic carbocycles. The second kappa shape index (κ2) is 3.02. The minimum absolute atomic E-state index is 0.819. The van der Waals surface area contributed by atoms with E-state index in [2.05, 4.69) is 6.82 Å². The Labute approximate surface area is 27.4 Å². The predicted molar refractivity (Wildman–Crippen MR) is 22.1 cm³/mol. The molecule has 0 radical (unpaired) electrons. The van der Waals surface area contributed by atoms with Gasteiger partial charge in [0.1, 0.15) is 7.28 Å². The van der Waals surface area contributed by atoms with E-state index in [0.717, 1.165) is 13.7 Å². The molecule has 0 spiro atoms. The lowest BCUT2D eigenvalue weighted by atomic mass is 9.84. The highest BCUT2D eigenvalue weighted by Crippen LogP contribution is 1.36. The van der Waals surface area contributed by atoms with Crippen LogP contribution in [-0.4, -0.2) is 13.7 Å². The fourth-order valence-electron chi connectivity index (χ4n) is 0. The summed E-state index contributed by atoms with van der Waals surface area (Å²) in [5, 5.41) is 0. The van der Waals surface area contributed by atoms with Gasteiger partial charge in [-0.25, -0.2) is 0 Å². The monoisotopic (exact) mass is 57.1 g/mol. The number of nitrogens with two attached hydrogens (primary N) is 1. The fourth-order valence-corrected chi connectivity index (χ4v) is 0. The van der Waals surface area contributed by atoms with Crippen LogP contribution < -0.4 is 5.73 Å². The highest BCUT2D eigenvalue weighted by atomic mass is 14.5. The van der Waals surface area contributed by atoms with Crippen LogP contribution in [0.3, 0.4) is 0 Å². The van der Waals surface area contributed by atoms with Crippen LogP contribution in [0.2, 0.25) is 6.82 Å². The smallest absolute Gasteiger partial charge is 0.134 e. The van der Waals surface area contributed by atoms with Crippen molar-refractivity contribution in [2.45, 2.75) is 6.82 Å². The van der Waals surface area contributed by atoms with Crippen LogP contribution in [0.15, 0.2) is 0 Å². The summed E-state index contributed by atoms with van der Waals surface area (Å²) in [5.74, 6) is 0. The van der Waals surface area contributed by atoms with Crippen molar-refractivity contribution >= 4 is 7.28 Å². The molecule has 0 amide bonds. The zero-order chi connectivity index (χ0) is 3.41. The Morgan fingerprint density at radius 1 is 2.00 bits per heavy atom. The van der Waals surface area contributed by atoms with E-state index in [1.54, 1.807) is 0 Å². The quantitative estimate of drug-likeness (QED) is 0.399. The molecule has 4 heavy (non-hydrogen) atoms. The maximum Gasteiger partial charge on any atom is 0.134 e. The lowest BCUT2D eigenvalue weighted by molar-refractivity contribution is 1.36. The topological polar surface area (TPSA) is 26.0 Å². The molecule has 0 atom stereocenters. The SMILES string of the molecule is CBCN. The van der Waals surface area contributed by atoms with Crippen molar-refractivity contribution in [3.63, 3.8) is 0 Å². The molecule has 0 aromatic heterocycles. The maximum absolute atomic E-state index is 5.03. The second-order valence-electron chi connectivity index (χ2n) is 0.789. The summed E-state index contributed by atoms with van der Waals surface area (Å²) in [4.78, 5) is 0. The Balaban J connectivity index is 1.97. The molecule has 0 rings (SSSR count). The van der Waals surface area contributed by atoms with Gasteiger partial charge >= 0.3 is 0 Å². The molecule has 2 N–H and O–H groups in total. The van der Waals surface area contributed by atoms with Gasteiger partial charge < -0.3 is 5.73 Å². The Hall–Kier alpha value is 0.0249. The van der Waals surface area contributed by atoms with Crippen LogP contribution in [0, 0.1) is 0 Å². The predicted octanol–water partition coefficient (Wildman–Crippen LogP) is -0.613. The average molecular weight is 56.9 g/mol. The zero-order valence-corrected chi connectivity index (χ0v) is 2.99. The van der Waals surface area contributed by atoms with Crippen LogP contribution >= 0.6 is 0 Å². The van der Waals surface area contributed by atoms with Gasteiger partial charge in [0.25, 0.3) is 0 Å². The first-order valence-corrected chi connectivity index (χ1v) is 1.62. The van der Waals surface area contributed by atoms with Crippen molar-refractivity contribution in [1.82, 2.24) is 0 Å². The molecule has 0 saturated heterocycles.